The molecule has 2 rings (SSSR count). The molecule has 1 heterocycles. The van der Waals surface area contributed by atoms with Crippen LogP contribution in [0.4, 0.5) is 13.2 Å². The van der Waals surface area contributed by atoms with Gasteiger partial charge in [-0.2, -0.15) is 13.2 Å². The minimum Gasteiger partial charge on any atom is -0.241 e. The highest BCUT2D eigenvalue weighted by molar-refractivity contribution is 9.10. The zero-order chi connectivity index (χ0) is 11.9. The van der Waals surface area contributed by atoms with Crippen LogP contribution < -0.4 is 0 Å². The van der Waals surface area contributed by atoms with Crippen molar-refractivity contribution in [2.75, 3.05) is 0 Å². The van der Waals surface area contributed by atoms with Crippen molar-refractivity contribution in [1.82, 2.24) is 4.98 Å². The van der Waals surface area contributed by atoms with Crippen LogP contribution in [0.3, 0.4) is 0 Å². The van der Waals surface area contributed by atoms with Crippen LogP contribution in [0.2, 0.25) is 0 Å². The molecule has 1 nitrogen and oxygen atoms in total. The Balaban J connectivity index is 2.85. The number of rotatable bonds is 0. The van der Waals surface area contributed by atoms with Crippen molar-refractivity contribution in [2.24, 2.45) is 0 Å². The smallest absolute Gasteiger partial charge is 0.241 e. The Labute approximate surface area is 106 Å². The first-order chi connectivity index (χ1) is 7.38. The number of nitrogens with zero attached hydrogens (tertiary/aromatic N) is 1. The van der Waals surface area contributed by atoms with Crippen molar-refractivity contribution in [2.45, 2.75) is 6.18 Å². The fourth-order valence-corrected chi connectivity index (χ4v) is 2.18. The first-order valence-corrected chi connectivity index (χ1v) is 5.79. The van der Waals surface area contributed by atoms with Gasteiger partial charge in [-0.1, -0.05) is 15.9 Å². The summed E-state index contributed by atoms with van der Waals surface area (Å²) in [5.74, 6) is 0. The summed E-state index contributed by atoms with van der Waals surface area (Å²) in [5.41, 5.74) is -0.379. The zero-order valence-corrected chi connectivity index (χ0v) is 10.8. The summed E-state index contributed by atoms with van der Waals surface area (Å²) in [6.07, 6.45) is -4.38. The second kappa shape index (κ2) is 4.00. The first-order valence-electron chi connectivity index (χ1n) is 4.21. The van der Waals surface area contributed by atoms with Crippen LogP contribution in [-0.4, -0.2) is 4.98 Å². The monoisotopic (exact) mass is 353 g/mol. The summed E-state index contributed by atoms with van der Waals surface area (Å²) in [6.45, 7) is 0. The molecule has 0 unspecified atom stereocenters. The quantitative estimate of drug-likeness (QED) is 0.620. The summed E-state index contributed by atoms with van der Waals surface area (Å²) in [7, 11) is 0. The number of alkyl halides is 3. The topological polar surface area (TPSA) is 12.9 Å². The van der Waals surface area contributed by atoms with E-state index in [9.17, 15) is 13.2 Å². The third kappa shape index (κ3) is 2.22. The van der Waals surface area contributed by atoms with E-state index in [2.05, 4.69) is 36.8 Å². The predicted octanol–water partition coefficient (Wildman–Crippen LogP) is 4.78. The largest absolute Gasteiger partial charge is 0.417 e. The first kappa shape index (κ1) is 11.9. The molecule has 0 atom stereocenters. The molecule has 0 fully saturated rings. The highest BCUT2D eigenvalue weighted by Gasteiger charge is 2.33. The standard InChI is InChI=1S/C10H4Br2F3N/c11-5-1-2-8-6(3-5)7(10(13,14)15)4-9(12)16-8/h1-4H. The van der Waals surface area contributed by atoms with E-state index >= 15 is 0 Å². The van der Waals surface area contributed by atoms with Gasteiger partial charge < -0.3 is 0 Å². The Hall–Kier alpha value is -0.620. The molecule has 0 amide bonds. The number of fused-ring (bicyclic) bond motifs is 1. The summed E-state index contributed by atoms with van der Waals surface area (Å²) >= 11 is 6.12. The maximum Gasteiger partial charge on any atom is 0.417 e. The molecule has 0 saturated heterocycles. The third-order valence-electron chi connectivity index (χ3n) is 2.04. The van der Waals surface area contributed by atoms with Crippen molar-refractivity contribution in [3.05, 3.63) is 38.9 Å². The zero-order valence-electron chi connectivity index (χ0n) is 7.65. The third-order valence-corrected chi connectivity index (χ3v) is 2.94. The number of halogens is 5. The summed E-state index contributed by atoms with van der Waals surface area (Å²) in [4.78, 5) is 3.99. The lowest BCUT2D eigenvalue weighted by molar-refractivity contribution is -0.136. The van der Waals surface area contributed by atoms with E-state index in [0.29, 0.717) is 9.99 Å². The Morgan fingerprint density at radius 3 is 2.38 bits per heavy atom. The van der Waals surface area contributed by atoms with E-state index in [1.165, 1.54) is 6.07 Å². The second-order valence-corrected chi connectivity index (χ2v) is 4.88. The van der Waals surface area contributed by atoms with Gasteiger partial charge in [0.25, 0.3) is 0 Å². The van der Waals surface area contributed by atoms with Gasteiger partial charge in [0.1, 0.15) is 4.60 Å². The van der Waals surface area contributed by atoms with Gasteiger partial charge in [-0.15, -0.1) is 0 Å². The van der Waals surface area contributed by atoms with Crippen molar-refractivity contribution in [3.8, 4) is 0 Å². The number of benzene rings is 1. The van der Waals surface area contributed by atoms with Crippen LogP contribution in [0.5, 0.6) is 0 Å². The molecule has 84 valence electrons. The van der Waals surface area contributed by atoms with Crippen LogP contribution >= 0.6 is 31.9 Å². The molecule has 0 N–H and O–H groups in total. The Morgan fingerprint density at radius 2 is 1.75 bits per heavy atom. The van der Waals surface area contributed by atoms with Crippen LogP contribution in [-0.2, 0) is 6.18 Å². The Bertz CT molecular complexity index is 551. The molecule has 16 heavy (non-hydrogen) atoms. The van der Waals surface area contributed by atoms with Crippen molar-refractivity contribution in [3.63, 3.8) is 0 Å². The van der Waals surface area contributed by atoms with Gasteiger partial charge in [0.15, 0.2) is 0 Å². The van der Waals surface area contributed by atoms with Crippen LogP contribution in [0.25, 0.3) is 10.9 Å². The number of aromatic nitrogens is 1. The van der Waals surface area contributed by atoms with Crippen LogP contribution in [0.1, 0.15) is 5.56 Å². The molecule has 0 bridgehead atoms. The number of hydrogen-bond acceptors (Lipinski definition) is 1. The lowest BCUT2D eigenvalue weighted by atomic mass is 10.1. The van der Waals surface area contributed by atoms with E-state index in [1.54, 1.807) is 12.1 Å². The minimum atomic E-state index is -4.38. The second-order valence-electron chi connectivity index (χ2n) is 3.15. The van der Waals surface area contributed by atoms with E-state index in [4.69, 9.17) is 0 Å². The molecule has 0 aliphatic heterocycles. The van der Waals surface area contributed by atoms with Crippen LogP contribution in [0.15, 0.2) is 33.3 Å². The molecule has 6 heteroatoms. The van der Waals surface area contributed by atoms with Gasteiger partial charge in [0.2, 0.25) is 0 Å². The number of pyridine rings is 1. The van der Waals surface area contributed by atoms with E-state index < -0.39 is 11.7 Å². The maximum atomic E-state index is 12.8. The highest BCUT2D eigenvalue weighted by atomic mass is 79.9. The SMILES string of the molecule is FC(F)(F)c1cc(Br)nc2ccc(Br)cc12. The van der Waals surface area contributed by atoms with Gasteiger partial charge in [-0.05, 0) is 40.2 Å². The summed E-state index contributed by atoms with van der Waals surface area (Å²) in [5, 5.41) is 0.0880. The fourth-order valence-electron chi connectivity index (χ4n) is 1.40. The summed E-state index contributed by atoms with van der Waals surface area (Å²) in [6, 6.07) is 5.59. The maximum absolute atomic E-state index is 12.8. The Kier molecular flexibility index (Phi) is 2.96. The molecule has 0 aliphatic carbocycles. The molecule has 1 aromatic carbocycles. The summed E-state index contributed by atoms with van der Waals surface area (Å²) < 4.78 is 39.1. The lowest BCUT2D eigenvalue weighted by Crippen LogP contribution is -2.06. The van der Waals surface area contributed by atoms with Crippen molar-refractivity contribution < 1.29 is 13.2 Å². The van der Waals surface area contributed by atoms with Gasteiger partial charge in [-0.3, -0.25) is 0 Å². The normalized spacial score (nSPS) is 12.1. The van der Waals surface area contributed by atoms with E-state index in [-0.39, 0.29) is 9.99 Å². The van der Waals surface area contributed by atoms with Gasteiger partial charge in [0.05, 0.1) is 11.1 Å². The molecule has 1 aromatic heterocycles. The van der Waals surface area contributed by atoms with E-state index in [1.807, 2.05) is 0 Å². The van der Waals surface area contributed by atoms with Crippen molar-refractivity contribution >= 4 is 42.8 Å². The molecule has 2 aromatic rings. The van der Waals surface area contributed by atoms with E-state index in [0.717, 1.165) is 6.07 Å². The fraction of sp³-hybridized carbons (Fsp3) is 0.100. The van der Waals surface area contributed by atoms with Gasteiger partial charge in [0, 0.05) is 9.86 Å². The Morgan fingerprint density at radius 1 is 1.06 bits per heavy atom. The average molecular weight is 355 g/mol. The lowest BCUT2D eigenvalue weighted by Gasteiger charge is -2.10. The average Bonchev–Trinajstić information content (AvgIpc) is 2.16. The van der Waals surface area contributed by atoms with Crippen molar-refractivity contribution in [1.29, 1.82) is 0 Å². The van der Waals surface area contributed by atoms with Gasteiger partial charge >= 0.3 is 6.18 Å². The molecular weight excluding hydrogens is 351 g/mol. The molecule has 0 aliphatic rings. The van der Waals surface area contributed by atoms with Gasteiger partial charge in [-0.25, -0.2) is 4.98 Å². The predicted molar refractivity (Wildman–Crippen MR) is 62.1 cm³/mol. The minimum absolute atomic E-state index is 0.0880. The molecule has 0 radical (unpaired) electrons. The highest BCUT2D eigenvalue weighted by Crippen LogP contribution is 2.36. The molecule has 0 spiro atoms. The van der Waals surface area contributed by atoms with Crippen LogP contribution in [0, 0.1) is 0 Å². The molecular formula is C10H4Br2F3N. The number of hydrogen-bond donors (Lipinski definition) is 0. The molecule has 0 saturated carbocycles.